The number of nitrogens with two attached hydrogens (primary N) is 1. The third-order valence-electron chi connectivity index (χ3n) is 2.21. The highest BCUT2D eigenvalue weighted by Gasteiger charge is 2.14. The van der Waals surface area contributed by atoms with E-state index in [4.69, 9.17) is 10.5 Å². The lowest BCUT2D eigenvalue weighted by Gasteiger charge is -2.14. The van der Waals surface area contributed by atoms with Crippen LogP contribution in [0.15, 0.2) is 24.3 Å². The van der Waals surface area contributed by atoms with Gasteiger partial charge in [-0.1, -0.05) is 18.2 Å². The van der Waals surface area contributed by atoms with Crippen molar-refractivity contribution < 1.29 is 14.6 Å². The lowest BCUT2D eigenvalue weighted by atomic mass is 10.2. The average molecular weight is 224 g/mol. The molecule has 0 spiro atoms. The van der Waals surface area contributed by atoms with Gasteiger partial charge in [-0.05, 0) is 6.07 Å². The van der Waals surface area contributed by atoms with E-state index in [9.17, 15) is 9.90 Å². The summed E-state index contributed by atoms with van der Waals surface area (Å²) in [7, 11) is 1.50. The molecule has 1 atom stereocenters. The van der Waals surface area contributed by atoms with Crippen LogP contribution in [0.3, 0.4) is 0 Å². The monoisotopic (exact) mass is 224 g/mol. The Bertz CT molecular complexity index is 355. The minimum atomic E-state index is -0.551. The van der Waals surface area contributed by atoms with Gasteiger partial charge in [-0.3, -0.25) is 10.1 Å². The maximum Gasteiger partial charge on any atom is 0.236 e. The number of benzene rings is 1. The van der Waals surface area contributed by atoms with Crippen LogP contribution in [-0.2, 0) is 16.1 Å². The van der Waals surface area contributed by atoms with Crippen molar-refractivity contribution in [3.05, 3.63) is 29.8 Å². The molecule has 0 heterocycles. The number of rotatable bonds is 6. The summed E-state index contributed by atoms with van der Waals surface area (Å²) in [6.07, 6.45) is 0. The van der Waals surface area contributed by atoms with Crippen molar-refractivity contribution in [3.8, 4) is 5.75 Å². The van der Waals surface area contributed by atoms with Crippen LogP contribution in [0.2, 0.25) is 0 Å². The Hall–Kier alpha value is -1.59. The van der Waals surface area contributed by atoms with E-state index in [1.165, 1.54) is 7.11 Å². The minimum absolute atomic E-state index is 0.190. The minimum Gasteiger partial charge on any atom is -0.508 e. The molecule has 0 fully saturated rings. The Morgan fingerprint density at radius 3 is 2.81 bits per heavy atom. The molecule has 16 heavy (non-hydrogen) atoms. The van der Waals surface area contributed by atoms with E-state index < -0.39 is 11.9 Å². The fraction of sp³-hybridized carbons (Fsp3) is 0.364. The number of hydrogen-bond acceptors (Lipinski definition) is 4. The summed E-state index contributed by atoms with van der Waals surface area (Å²) in [4.78, 5) is 11.0. The number of carbonyl (C=O) groups excluding carboxylic acids is 1. The lowest BCUT2D eigenvalue weighted by molar-refractivity contribution is -0.121. The molecule has 1 amide bonds. The zero-order chi connectivity index (χ0) is 12.0. The number of phenolic OH excluding ortho intramolecular Hbond substituents is 1. The van der Waals surface area contributed by atoms with Crippen LogP contribution in [0, 0.1) is 0 Å². The number of carbonyl (C=O) groups is 1. The largest absolute Gasteiger partial charge is 0.508 e. The van der Waals surface area contributed by atoms with E-state index in [0.717, 1.165) is 0 Å². The second-order valence-electron chi connectivity index (χ2n) is 3.42. The standard InChI is InChI=1S/C11H16N2O3/c1-16-7-9(11(12)15)13-6-8-4-2-3-5-10(8)14/h2-5,9,13-14H,6-7H2,1H3,(H2,12,15). The molecule has 5 heteroatoms. The zero-order valence-electron chi connectivity index (χ0n) is 9.14. The lowest BCUT2D eigenvalue weighted by Crippen LogP contribution is -2.44. The highest BCUT2D eigenvalue weighted by molar-refractivity contribution is 5.80. The Morgan fingerprint density at radius 1 is 1.56 bits per heavy atom. The molecule has 1 aromatic carbocycles. The molecule has 5 nitrogen and oxygen atoms in total. The van der Waals surface area contributed by atoms with Crippen LogP contribution in [0.5, 0.6) is 5.75 Å². The number of phenols is 1. The van der Waals surface area contributed by atoms with E-state index in [1.54, 1.807) is 18.2 Å². The van der Waals surface area contributed by atoms with Crippen molar-refractivity contribution in [3.63, 3.8) is 0 Å². The number of primary amides is 1. The summed E-state index contributed by atoms with van der Waals surface area (Å²) in [6, 6.07) is 6.36. The normalized spacial score (nSPS) is 12.3. The van der Waals surface area contributed by atoms with Gasteiger partial charge in [0.2, 0.25) is 5.91 Å². The van der Waals surface area contributed by atoms with Gasteiger partial charge in [0.1, 0.15) is 11.8 Å². The van der Waals surface area contributed by atoms with E-state index in [-0.39, 0.29) is 12.4 Å². The molecule has 0 aliphatic heterocycles. The van der Waals surface area contributed by atoms with Gasteiger partial charge in [0.15, 0.2) is 0 Å². The molecule has 0 aromatic heterocycles. The number of hydrogen-bond donors (Lipinski definition) is 3. The topological polar surface area (TPSA) is 84.6 Å². The van der Waals surface area contributed by atoms with Gasteiger partial charge < -0.3 is 15.6 Å². The zero-order valence-corrected chi connectivity index (χ0v) is 9.14. The fourth-order valence-corrected chi connectivity index (χ4v) is 1.30. The van der Waals surface area contributed by atoms with Gasteiger partial charge in [0.05, 0.1) is 6.61 Å². The smallest absolute Gasteiger partial charge is 0.236 e. The summed E-state index contributed by atoms with van der Waals surface area (Å²) in [6.45, 7) is 0.576. The molecule has 0 radical (unpaired) electrons. The maximum atomic E-state index is 11.0. The SMILES string of the molecule is COCC(NCc1ccccc1O)C(N)=O. The second kappa shape index (κ2) is 6.09. The van der Waals surface area contributed by atoms with Crippen molar-refractivity contribution in [1.29, 1.82) is 0 Å². The molecular weight excluding hydrogens is 208 g/mol. The number of amides is 1. The Kier molecular flexibility index (Phi) is 4.75. The highest BCUT2D eigenvalue weighted by atomic mass is 16.5. The molecule has 0 aliphatic carbocycles. The quantitative estimate of drug-likeness (QED) is 0.634. The molecular formula is C11H16N2O3. The Morgan fingerprint density at radius 2 is 2.25 bits per heavy atom. The molecule has 88 valence electrons. The van der Waals surface area contributed by atoms with Gasteiger partial charge in [-0.2, -0.15) is 0 Å². The van der Waals surface area contributed by atoms with Crippen molar-refractivity contribution in [2.75, 3.05) is 13.7 Å². The van der Waals surface area contributed by atoms with Crippen LogP contribution >= 0.6 is 0 Å². The van der Waals surface area contributed by atoms with Gasteiger partial charge in [0.25, 0.3) is 0 Å². The Balaban J connectivity index is 2.55. The second-order valence-corrected chi connectivity index (χ2v) is 3.42. The van der Waals surface area contributed by atoms with Crippen LogP contribution in [0.4, 0.5) is 0 Å². The third kappa shape index (κ3) is 3.52. The van der Waals surface area contributed by atoms with E-state index in [2.05, 4.69) is 5.32 Å². The molecule has 0 aliphatic rings. The molecule has 1 unspecified atom stereocenters. The number of ether oxygens (including phenoxy) is 1. The summed E-state index contributed by atoms with van der Waals surface area (Å²) < 4.78 is 4.86. The molecule has 4 N–H and O–H groups in total. The molecule has 0 saturated heterocycles. The molecule has 1 aromatic rings. The van der Waals surface area contributed by atoms with Gasteiger partial charge in [-0.25, -0.2) is 0 Å². The summed E-state index contributed by atoms with van der Waals surface area (Å²) in [5.41, 5.74) is 5.89. The summed E-state index contributed by atoms with van der Waals surface area (Å²) >= 11 is 0. The van der Waals surface area contributed by atoms with Crippen molar-refractivity contribution in [2.24, 2.45) is 5.73 Å². The van der Waals surface area contributed by atoms with E-state index in [0.29, 0.717) is 12.1 Å². The van der Waals surface area contributed by atoms with Crippen molar-refractivity contribution in [2.45, 2.75) is 12.6 Å². The van der Waals surface area contributed by atoms with Crippen molar-refractivity contribution >= 4 is 5.91 Å². The summed E-state index contributed by atoms with van der Waals surface area (Å²) in [5, 5.41) is 12.4. The average Bonchev–Trinajstić information content (AvgIpc) is 2.26. The Labute approximate surface area is 94.2 Å². The van der Waals surface area contributed by atoms with Gasteiger partial charge in [-0.15, -0.1) is 0 Å². The molecule has 0 saturated carbocycles. The van der Waals surface area contributed by atoms with Crippen LogP contribution < -0.4 is 11.1 Å². The third-order valence-corrected chi connectivity index (χ3v) is 2.21. The highest BCUT2D eigenvalue weighted by Crippen LogP contribution is 2.14. The number of nitrogens with one attached hydrogen (secondary N) is 1. The predicted molar refractivity (Wildman–Crippen MR) is 59.8 cm³/mol. The first kappa shape index (κ1) is 12.5. The van der Waals surface area contributed by atoms with Crippen LogP contribution in [0.25, 0.3) is 0 Å². The van der Waals surface area contributed by atoms with Crippen molar-refractivity contribution in [1.82, 2.24) is 5.32 Å². The van der Waals surface area contributed by atoms with Crippen LogP contribution in [-0.4, -0.2) is 30.8 Å². The fourth-order valence-electron chi connectivity index (χ4n) is 1.30. The van der Waals surface area contributed by atoms with E-state index >= 15 is 0 Å². The van der Waals surface area contributed by atoms with Gasteiger partial charge >= 0.3 is 0 Å². The van der Waals surface area contributed by atoms with Crippen LogP contribution in [0.1, 0.15) is 5.56 Å². The molecule has 0 bridgehead atoms. The van der Waals surface area contributed by atoms with Gasteiger partial charge in [0, 0.05) is 19.2 Å². The summed E-state index contributed by atoms with van der Waals surface area (Å²) in [5.74, 6) is -0.284. The predicted octanol–water partition coefficient (Wildman–Crippen LogP) is -0.0179. The number of para-hydroxylation sites is 1. The first-order chi connectivity index (χ1) is 7.65. The number of aromatic hydroxyl groups is 1. The first-order valence-electron chi connectivity index (χ1n) is 4.93. The van der Waals surface area contributed by atoms with E-state index in [1.807, 2.05) is 6.07 Å². The maximum absolute atomic E-state index is 11.0. The molecule has 1 rings (SSSR count). The first-order valence-corrected chi connectivity index (χ1v) is 4.93. The number of methoxy groups -OCH3 is 1.